The van der Waals surface area contributed by atoms with E-state index in [4.69, 9.17) is 0 Å². The van der Waals surface area contributed by atoms with Crippen molar-refractivity contribution < 1.29 is 14.0 Å². The van der Waals surface area contributed by atoms with Crippen LogP contribution in [0.25, 0.3) is 0 Å². The molecule has 0 spiro atoms. The Morgan fingerprint density at radius 1 is 1.17 bits per heavy atom. The number of benzene rings is 2. The van der Waals surface area contributed by atoms with Crippen LogP contribution in [0.5, 0.6) is 0 Å². The summed E-state index contributed by atoms with van der Waals surface area (Å²) in [4.78, 5) is 26.0. The molecule has 1 N–H and O–H groups in total. The molecule has 5 heteroatoms. The quantitative estimate of drug-likeness (QED) is 0.939. The van der Waals surface area contributed by atoms with Gasteiger partial charge >= 0.3 is 0 Å². The number of carbonyl (C=O) groups is 2. The molecule has 0 aliphatic carbocycles. The Hall–Kier alpha value is -2.69. The molecule has 0 saturated carbocycles. The Labute approximate surface area is 140 Å². The first-order chi connectivity index (χ1) is 11.5. The molecule has 1 aliphatic heterocycles. The molecule has 1 aliphatic rings. The molecular weight excluding hydrogens is 307 g/mol. The fourth-order valence-electron chi connectivity index (χ4n) is 2.91. The second-order valence-electron chi connectivity index (χ2n) is 6.09. The van der Waals surface area contributed by atoms with E-state index < -0.39 is 11.7 Å². The first kappa shape index (κ1) is 16.2. The average molecular weight is 326 g/mol. The summed E-state index contributed by atoms with van der Waals surface area (Å²) >= 11 is 0. The molecule has 2 amide bonds. The second-order valence-corrected chi connectivity index (χ2v) is 6.09. The molecule has 1 fully saturated rings. The van der Waals surface area contributed by atoms with Crippen molar-refractivity contribution in [2.75, 3.05) is 16.8 Å². The van der Waals surface area contributed by atoms with Gasteiger partial charge in [-0.2, -0.15) is 0 Å². The van der Waals surface area contributed by atoms with E-state index in [1.165, 1.54) is 11.0 Å². The van der Waals surface area contributed by atoms with Crippen LogP contribution in [0, 0.1) is 25.6 Å². The van der Waals surface area contributed by atoms with Gasteiger partial charge < -0.3 is 10.2 Å². The van der Waals surface area contributed by atoms with Crippen molar-refractivity contribution in [2.24, 2.45) is 5.92 Å². The van der Waals surface area contributed by atoms with Gasteiger partial charge in [0.15, 0.2) is 0 Å². The molecule has 2 aromatic carbocycles. The number of rotatable bonds is 3. The number of nitrogens with zero attached hydrogens (tertiary/aromatic N) is 1. The van der Waals surface area contributed by atoms with Gasteiger partial charge in [0.25, 0.3) is 0 Å². The number of anilines is 2. The minimum absolute atomic E-state index is 0.0883. The zero-order chi connectivity index (χ0) is 17.3. The van der Waals surface area contributed by atoms with Gasteiger partial charge in [-0.15, -0.1) is 0 Å². The topological polar surface area (TPSA) is 49.4 Å². The molecule has 1 heterocycles. The molecule has 1 saturated heterocycles. The van der Waals surface area contributed by atoms with E-state index >= 15 is 0 Å². The first-order valence-electron chi connectivity index (χ1n) is 7.89. The largest absolute Gasteiger partial charge is 0.326 e. The van der Waals surface area contributed by atoms with Gasteiger partial charge in [-0.3, -0.25) is 9.59 Å². The number of hydrogen-bond acceptors (Lipinski definition) is 2. The lowest BCUT2D eigenvalue weighted by molar-refractivity contribution is -0.122. The highest BCUT2D eigenvalue weighted by molar-refractivity contribution is 6.03. The predicted octanol–water partition coefficient (Wildman–Crippen LogP) is 3.43. The van der Waals surface area contributed by atoms with Gasteiger partial charge in [-0.1, -0.05) is 24.3 Å². The summed E-state index contributed by atoms with van der Waals surface area (Å²) in [5, 5.41) is 2.89. The monoisotopic (exact) mass is 326 g/mol. The molecule has 0 aromatic heterocycles. The molecule has 4 nitrogen and oxygen atoms in total. The van der Waals surface area contributed by atoms with E-state index in [9.17, 15) is 14.0 Å². The van der Waals surface area contributed by atoms with Crippen LogP contribution in [0.15, 0.2) is 42.5 Å². The molecular formula is C19H19FN2O2. The summed E-state index contributed by atoms with van der Waals surface area (Å²) in [5.41, 5.74) is 3.06. The molecule has 3 rings (SSSR count). The van der Waals surface area contributed by atoms with Gasteiger partial charge in [-0.25, -0.2) is 4.39 Å². The molecule has 24 heavy (non-hydrogen) atoms. The Kier molecular flexibility index (Phi) is 4.34. The van der Waals surface area contributed by atoms with E-state index in [1.54, 1.807) is 18.2 Å². The van der Waals surface area contributed by atoms with E-state index in [0.717, 1.165) is 16.8 Å². The zero-order valence-corrected chi connectivity index (χ0v) is 13.7. The highest BCUT2D eigenvalue weighted by Gasteiger charge is 2.36. The van der Waals surface area contributed by atoms with E-state index in [1.807, 2.05) is 32.0 Å². The maximum absolute atomic E-state index is 13.9. The van der Waals surface area contributed by atoms with Crippen molar-refractivity contribution in [3.8, 4) is 0 Å². The van der Waals surface area contributed by atoms with Crippen molar-refractivity contribution in [2.45, 2.75) is 20.3 Å². The standard InChI is InChI=1S/C19H19FN2O2/c1-12-6-5-8-16(13(12)2)21-19(24)14-10-18(23)22(11-14)17-9-4-3-7-15(17)20/h3-9,14H,10-11H2,1-2H3,(H,21,24)/t14-/m1/s1. The van der Waals surface area contributed by atoms with Gasteiger partial charge in [0.05, 0.1) is 11.6 Å². The van der Waals surface area contributed by atoms with Gasteiger partial charge in [0.2, 0.25) is 11.8 Å². The second kappa shape index (κ2) is 6.43. The predicted molar refractivity (Wildman–Crippen MR) is 91.4 cm³/mol. The molecule has 2 aromatic rings. The Bertz CT molecular complexity index is 804. The number of amides is 2. The molecule has 1 atom stereocenters. The maximum atomic E-state index is 13.9. The third-order valence-electron chi connectivity index (χ3n) is 4.50. The normalized spacial score (nSPS) is 17.2. The molecule has 124 valence electrons. The number of aryl methyl sites for hydroxylation is 1. The molecule has 0 unspecified atom stereocenters. The van der Waals surface area contributed by atoms with Crippen LogP contribution in [-0.2, 0) is 9.59 Å². The summed E-state index contributed by atoms with van der Waals surface area (Å²) in [6, 6.07) is 11.8. The number of carbonyl (C=O) groups excluding carboxylic acids is 2. The van der Waals surface area contributed by atoms with Crippen molar-refractivity contribution in [3.05, 3.63) is 59.4 Å². The van der Waals surface area contributed by atoms with Crippen LogP contribution < -0.4 is 10.2 Å². The summed E-state index contributed by atoms with van der Waals surface area (Å²) in [7, 11) is 0. The summed E-state index contributed by atoms with van der Waals surface area (Å²) in [5.74, 6) is -1.39. The number of hydrogen-bond donors (Lipinski definition) is 1. The van der Waals surface area contributed by atoms with Gasteiger partial charge in [0, 0.05) is 18.7 Å². The van der Waals surface area contributed by atoms with Crippen molar-refractivity contribution in [3.63, 3.8) is 0 Å². The summed E-state index contributed by atoms with van der Waals surface area (Å²) < 4.78 is 13.9. The Morgan fingerprint density at radius 2 is 1.92 bits per heavy atom. The van der Waals surface area contributed by atoms with E-state index in [2.05, 4.69) is 5.32 Å². The van der Waals surface area contributed by atoms with Crippen LogP contribution in [0.1, 0.15) is 17.5 Å². The number of nitrogens with one attached hydrogen (secondary N) is 1. The molecule has 0 radical (unpaired) electrons. The first-order valence-corrected chi connectivity index (χ1v) is 7.89. The van der Waals surface area contributed by atoms with Crippen molar-refractivity contribution >= 4 is 23.2 Å². The summed E-state index contributed by atoms with van der Waals surface area (Å²) in [6.45, 7) is 4.11. The highest BCUT2D eigenvalue weighted by atomic mass is 19.1. The van der Waals surface area contributed by atoms with Crippen LogP contribution in [0.2, 0.25) is 0 Å². The lowest BCUT2D eigenvalue weighted by atomic mass is 10.1. The third-order valence-corrected chi connectivity index (χ3v) is 4.50. The van der Waals surface area contributed by atoms with E-state index in [-0.39, 0.29) is 30.5 Å². The average Bonchev–Trinajstić information content (AvgIpc) is 2.94. The smallest absolute Gasteiger partial charge is 0.229 e. The fourth-order valence-corrected chi connectivity index (χ4v) is 2.91. The highest BCUT2D eigenvalue weighted by Crippen LogP contribution is 2.28. The van der Waals surface area contributed by atoms with Crippen LogP contribution >= 0.6 is 0 Å². The fraction of sp³-hybridized carbons (Fsp3) is 0.263. The Morgan fingerprint density at radius 3 is 2.67 bits per heavy atom. The maximum Gasteiger partial charge on any atom is 0.229 e. The van der Waals surface area contributed by atoms with Crippen molar-refractivity contribution in [1.82, 2.24) is 0 Å². The number of halogens is 1. The van der Waals surface area contributed by atoms with E-state index in [0.29, 0.717) is 0 Å². The van der Waals surface area contributed by atoms with Crippen LogP contribution in [-0.4, -0.2) is 18.4 Å². The number of para-hydroxylation sites is 1. The lowest BCUT2D eigenvalue weighted by Crippen LogP contribution is -2.28. The summed E-state index contributed by atoms with van der Waals surface area (Å²) in [6.07, 6.45) is 0.0883. The minimum Gasteiger partial charge on any atom is -0.326 e. The van der Waals surface area contributed by atoms with Crippen LogP contribution in [0.4, 0.5) is 15.8 Å². The van der Waals surface area contributed by atoms with Crippen molar-refractivity contribution in [1.29, 1.82) is 0 Å². The van der Waals surface area contributed by atoms with Gasteiger partial charge in [-0.05, 0) is 43.2 Å². The Balaban J connectivity index is 1.75. The zero-order valence-electron chi connectivity index (χ0n) is 13.7. The SMILES string of the molecule is Cc1cccc(NC(=O)[C@@H]2CC(=O)N(c3ccccc3F)C2)c1C. The molecule has 0 bridgehead atoms. The minimum atomic E-state index is -0.489. The lowest BCUT2D eigenvalue weighted by Gasteiger charge is -2.17. The van der Waals surface area contributed by atoms with Gasteiger partial charge in [0.1, 0.15) is 5.82 Å². The van der Waals surface area contributed by atoms with Crippen LogP contribution in [0.3, 0.4) is 0 Å². The third kappa shape index (κ3) is 3.02.